The first-order valence-corrected chi connectivity index (χ1v) is 7.36. The fourth-order valence-corrected chi connectivity index (χ4v) is 2.75. The van der Waals surface area contributed by atoms with Gasteiger partial charge in [0.05, 0.1) is 23.1 Å². The molecule has 0 radical (unpaired) electrons. The zero-order valence-corrected chi connectivity index (χ0v) is 13.5. The highest BCUT2D eigenvalue weighted by Crippen LogP contribution is 2.39. The van der Waals surface area contributed by atoms with Gasteiger partial charge < -0.3 is 9.84 Å². The summed E-state index contributed by atoms with van der Waals surface area (Å²) >= 11 is 12.1. The van der Waals surface area contributed by atoms with E-state index in [1.54, 1.807) is 25.1 Å². The van der Waals surface area contributed by atoms with Crippen molar-refractivity contribution < 1.29 is 14.6 Å². The van der Waals surface area contributed by atoms with Crippen LogP contribution in [0.5, 0.6) is 0 Å². The van der Waals surface area contributed by atoms with Gasteiger partial charge in [-0.1, -0.05) is 55.1 Å². The van der Waals surface area contributed by atoms with Crippen molar-refractivity contribution in [1.82, 2.24) is 0 Å². The van der Waals surface area contributed by atoms with Gasteiger partial charge >= 0.3 is 5.97 Å². The monoisotopic (exact) mass is 318 g/mol. The van der Waals surface area contributed by atoms with Crippen LogP contribution in [0.4, 0.5) is 0 Å². The minimum absolute atomic E-state index is 0.268. The van der Waals surface area contributed by atoms with Crippen LogP contribution in [-0.4, -0.2) is 18.2 Å². The zero-order chi connectivity index (χ0) is 15.3. The quantitative estimate of drug-likeness (QED) is 0.800. The van der Waals surface area contributed by atoms with Crippen molar-refractivity contribution in [2.45, 2.75) is 38.7 Å². The molecule has 0 aliphatic carbocycles. The summed E-state index contributed by atoms with van der Waals surface area (Å²) in [6, 6.07) is 5.02. The molecule has 3 nitrogen and oxygen atoms in total. The molecule has 5 heteroatoms. The van der Waals surface area contributed by atoms with Crippen LogP contribution in [0.3, 0.4) is 0 Å². The Morgan fingerprint density at radius 2 is 2.10 bits per heavy atom. The number of carbonyl (C=O) groups excluding carboxylic acids is 1. The fraction of sp³-hybridized carbons (Fsp3) is 0.533. The van der Waals surface area contributed by atoms with E-state index in [-0.39, 0.29) is 5.02 Å². The molecule has 0 spiro atoms. The Hall–Kier alpha value is -0.770. The lowest BCUT2D eigenvalue weighted by molar-refractivity contribution is -0.156. The van der Waals surface area contributed by atoms with Gasteiger partial charge in [-0.05, 0) is 19.4 Å². The summed E-state index contributed by atoms with van der Waals surface area (Å²) in [6.07, 6.45) is 2.26. The van der Waals surface area contributed by atoms with E-state index in [2.05, 4.69) is 0 Å². The summed E-state index contributed by atoms with van der Waals surface area (Å²) in [4.78, 5) is 12.0. The van der Waals surface area contributed by atoms with Crippen LogP contribution in [0.1, 0.15) is 38.7 Å². The van der Waals surface area contributed by atoms with E-state index in [1.807, 2.05) is 6.92 Å². The Bertz CT molecular complexity index is 472. The number of rotatable bonds is 6. The number of unbranched alkanes of at least 4 members (excludes halogenated alkanes) is 1. The molecule has 1 aromatic rings. The number of aliphatic hydroxyl groups is 1. The van der Waals surface area contributed by atoms with E-state index < -0.39 is 17.5 Å². The molecular formula is C15H20Cl2O3. The number of hydrogen-bond acceptors (Lipinski definition) is 3. The molecule has 1 rings (SSSR count). The lowest BCUT2D eigenvalue weighted by Crippen LogP contribution is -2.38. The number of ether oxygens (including phenoxy) is 1. The Kier molecular flexibility index (Phi) is 6.31. The molecule has 1 aromatic carbocycles. The molecule has 20 heavy (non-hydrogen) atoms. The van der Waals surface area contributed by atoms with E-state index in [0.717, 1.165) is 12.8 Å². The van der Waals surface area contributed by atoms with Crippen molar-refractivity contribution >= 4 is 29.2 Å². The van der Waals surface area contributed by atoms with Crippen LogP contribution in [0, 0.1) is 5.92 Å². The number of carbonyl (C=O) groups is 1. The summed E-state index contributed by atoms with van der Waals surface area (Å²) < 4.78 is 4.81. The van der Waals surface area contributed by atoms with Gasteiger partial charge in [0.25, 0.3) is 0 Å². The molecule has 0 bridgehead atoms. The molecule has 1 N–H and O–H groups in total. The molecule has 0 saturated heterocycles. The Morgan fingerprint density at radius 3 is 2.65 bits per heavy atom. The molecule has 2 unspecified atom stereocenters. The third kappa shape index (κ3) is 3.66. The summed E-state index contributed by atoms with van der Waals surface area (Å²) in [5.74, 6) is -1.12. The SMILES string of the molecule is CCCCC(C(=O)OC)C(C)(O)c1cccc(Cl)c1Cl. The van der Waals surface area contributed by atoms with E-state index in [0.29, 0.717) is 17.0 Å². The minimum atomic E-state index is -1.43. The van der Waals surface area contributed by atoms with Gasteiger partial charge in [0.1, 0.15) is 5.60 Å². The maximum atomic E-state index is 12.0. The first-order valence-electron chi connectivity index (χ1n) is 6.60. The number of esters is 1. The third-order valence-corrected chi connectivity index (χ3v) is 4.33. The minimum Gasteiger partial charge on any atom is -0.469 e. The van der Waals surface area contributed by atoms with Crippen molar-refractivity contribution in [3.8, 4) is 0 Å². The van der Waals surface area contributed by atoms with E-state index in [1.165, 1.54) is 7.11 Å². The molecule has 0 heterocycles. The first-order chi connectivity index (χ1) is 9.36. The third-order valence-electron chi connectivity index (χ3n) is 3.51. The summed E-state index contributed by atoms with van der Waals surface area (Å²) in [5.41, 5.74) is -0.984. The van der Waals surface area contributed by atoms with Gasteiger partial charge in [0.15, 0.2) is 0 Å². The van der Waals surface area contributed by atoms with Crippen LogP contribution < -0.4 is 0 Å². The topological polar surface area (TPSA) is 46.5 Å². The van der Waals surface area contributed by atoms with Gasteiger partial charge in [0.2, 0.25) is 0 Å². The highest BCUT2D eigenvalue weighted by molar-refractivity contribution is 6.42. The zero-order valence-electron chi connectivity index (χ0n) is 12.0. The lowest BCUT2D eigenvalue weighted by atomic mass is 9.80. The highest BCUT2D eigenvalue weighted by Gasteiger charge is 2.40. The largest absolute Gasteiger partial charge is 0.469 e. The average molecular weight is 319 g/mol. The van der Waals surface area contributed by atoms with Gasteiger partial charge in [-0.2, -0.15) is 0 Å². The molecule has 2 atom stereocenters. The van der Waals surface area contributed by atoms with Crippen LogP contribution in [0.15, 0.2) is 18.2 Å². The molecule has 0 saturated carbocycles. The summed E-state index contributed by atoms with van der Waals surface area (Å²) in [5, 5.41) is 11.5. The van der Waals surface area contributed by atoms with Crippen LogP contribution in [0.2, 0.25) is 10.0 Å². The van der Waals surface area contributed by atoms with Crippen molar-refractivity contribution in [3.05, 3.63) is 33.8 Å². The summed E-state index contributed by atoms with van der Waals surface area (Å²) in [7, 11) is 1.32. The summed E-state index contributed by atoms with van der Waals surface area (Å²) in [6.45, 7) is 3.59. The second-order valence-corrected chi connectivity index (χ2v) is 5.75. The van der Waals surface area contributed by atoms with Crippen molar-refractivity contribution in [2.75, 3.05) is 7.11 Å². The second kappa shape index (κ2) is 7.30. The molecule has 0 amide bonds. The van der Waals surface area contributed by atoms with E-state index in [4.69, 9.17) is 27.9 Å². The van der Waals surface area contributed by atoms with Crippen molar-refractivity contribution in [3.63, 3.8) is 0 Å². The Balaban J connectivity index is 3.20. The van der Waals surface area contributed by atoms with Crippen LogP contribution in [0.25, 0.3) is 0 Å². The molecule has 0 aliphatic rings. The van der Waals surface area contributed by atoms with E-state index >= 15 is 0 Å². The highest BCUT2D eigenvalue weighted by atomic mass is 35.5. The molecular weight excluding hydrogens is 299 g/mol. The molecule has 0 aliphatic heterocycles. The van der Waals surface area contributed by atoms with Gasteiger partial charge in [-0.15, -0.1) is 0 Å². The molecule has 112 valence electrons. The van der Waals surface area contributed by atoms with Crippen LogP contribution in [-0.2, 0) is 15.1 Å². The standard InChI is InChI=1S/C15H20Cl2O3/c1-4-5-7-11(14(18)20-3)15(2,19)10-8-6-9-12(16)13(10)17/h6,8-9,11,19H,4-5,7H2,1-3H3. The number of hydrogen-bond donors (Lipinski definition) is 1. The van der Waals surface area contributed by atoms with Crippen molar-refractivity contribution in [2.24, 2.45) is 5.92 Å². The predicted octanol–water partition coefficient (Wildman–Crippen LogP) is 4.18. The van der Waals surface area contributed by atoms with Gasteiger partial charge in [0, 0.05) is 5.56 Å². The van der Waals surface area contributed by atoms with Gasteiger partial charge in [-0.25, -0.2) is 0 Å². The number of halogens is 2. The Morgan fingerprint density at radius 1 is 1.45 bits per heavy atom. The van der Waals surface area contributed by atoms with Crippen molar-refractivity contribution in [1.29, 1.82) is 0 Å². The number of methoxy groups -OCH3 is 1. The number of benzene rings is 1. The van der Waals surface area contributed by atoms with Gasteiger partial charge in [-0.3, -0.25) is 4.79 Å². The molecule has 0 aromatic heterocycles. The fourth-order valence-electron chi connectivity index (χ4n) is 2.26. The first kappa shape index (κ1) is 17.3. The van der Waals surface area contributed by atoms with Crippen LogP contribution >= 0.6 is 23.2 Å². The maximum Gasteiger partial charge on any atom is 0.311 e. The Labute approximate surface area is 129 Å². The maximum absolute atomic E-state index is 12.0. The van der Waals surface area contributed by atoms with E-state index in [9.17, 15) is 9.90 Å². The second-order valence-electron chi connectivity index (χ2n) is 4.97. The predicted molar refractivity (Wildman–Crippen MR) is 81.1 cm³/mol. The normalized spacial score (nSPS) is 15.5. The lowest BCUT2D eigenvalue weighted by Gasteiger charge is -2.32. The average Bonchev–Trinajstić information content (AvgIpc) is 2.41. The molecule has 0 fully saturated rings. The smallest absolute Gasteiger partial charge is 0.311 e.